The highest BCUT2D eigenvalue weighted by Gasteiger charge is 2.40. The topological polar surface area (TPSA) is 84.5 Å². The second kappa shape index (κ2) is 8.82. The minimum absolute atomic E-state index is 0.0335. The summed E-state index contributed by atoms with van der Waals surface area (Å²) in [6, 6.07) is 10.1. The van der Waals surface area contributed by atoms with Crippen molar-refractivity contribution in [2.45, 2.75) is 48.4 Å². The van der Waals surface area contributed by atoms with Crippen LogP contribution in [0, 0.1) is 18.8 Å². The smallest absolute Gasteiger partial charge is 0.239 e. The minimum atomic E-state index is -3.80. The summed E-state index contributed by atoms with van der Waals surface area (Å²) in [6.07, 6.45) is 4.76. The highest BCUT2D eigenvalue weighted by molar-refractivity contribution is 9.10. The van der Waals surface area contributed by atoms with Crippen LogP contribution < -0.4 is 15.4 Å². The Kier molecular flexibility index (Phi) is 6.30. The molecule has 2 bridgehead atoms. The first-order chi connectivity index (χ1) is 14.8. The van der Waals surface area contributed by atoms with Crippen molar-refractivity contribution in [2.75, 3.05) is 19.0 Å². The molecular weight excluding hydrogens is 480 g/mol. The molecule has 2 aromatic carbocycles. The number of methoxy groups -OCH3 is 1. The van der Waals surface area contributed by atoms with E-state index in [2.05, 4.69) is 26.6 Å². The second-order valence-electron chi connectivity index (χ2n) is 8.50. The summed E-state index contributed by atoms with van der Waals surface area (Å²) >= 11 is 3.35. The van der Waals surface area contributed by atoms with Crippen LogP contribution in [0.25, 0.3) is 0 Å². The molecule has 8 heteroatoms. The van der Waals surface area contributed by atoms with E-state index in [1.807, 2.05) is 13.0 Å². The lowest BCUT2D eigenvalue weighted by Crippen LogP contribution is -2.41. The fourth-order valence-corrected chi connectivity index (χ4v) is 7.03. The standard InChI is InChI=1S/C23H27BrN2O4S/c1-14-3-7-19(25-13-23(27)26-20-11-15-4-5-16(20)10-15)22(9-14)31(28,29)17-6-8-21(30-2)18(24)12-17/h3,6-9,12,15-16,20,25H,4-5,10-11,13H2,1-2H3,(H,26,27). The molecule has 31 heavy (non-hydrogen) atoms. The normalized spacial score (nSPS) is 22.4. The average Bonchev–Trinajstić information content (AvgIpc) is 3.36. The second-order valence-corrected chi connectivity index (χ2v) is 11.3. The molecule has 2 N–H and O–H groups in total. The van der Waals surface area contributed by atoms with Gasteiger partial charge in [0.1, 0.15) is 5.75 Å². The number of rotatable bonds is 7. The van der Waals surface area contributed by atoms with Crippen LogP contribution in [0.4, 0.5) is 5.69 Å². The van der Waals surface area contributed by atoms with Crippen LogP contribution in [0.3, 0.4) is 0 Å². The molecule has 2 saturated carbocycles. The number of hydrogen-bond donors (Lipinski definition) is 2. The zero-order chi connectivity index (χ0) is 22.2. The maximum Gasteiger partial charge on any atom is 0.239 e. The first kappa shape index (κ1) is 22.1. The highest BCUT2D eigenvalue weighted by Crippen LogP contribution is 2.44. The van der Waals surface area contributed by atoms with Gasteiger partial charge in [0.2, 0.25) is 15.7 Å². The van der Waals surface area contributed by atoms with E-state index in [1.165, 1.54) is 38.5 Å². The van der Waals surface area contributed by atoms with Crippen molar-refractivity contribution in [1.29, 1.82) is 0 Å². The quantitative estimate of drug-likeness (QED) is 0.584. The van der Waals surface area contributed by atoms with Gasteiger partial charge in [0.15, 0.2) is 0 Å². The van der Waals surface area contributed by atoms with E-state index in [0.29, 0.717) is 21.8 Å². The van der Waals surface area contributed by atoms with Crippen molar-refractivity contribution in [3.8, 4) is 5.75 Å². The molecule has 0 radical (unpaired) electrons. The number of hydrogen-bond acceptors (Lipinski definition) is 5. The molecule has 3 unspecified atom stereocenters. The summed E-state index contributed by atoms with van der Waals surface area (Å²) in [5, 5.41) is 6.17. The molecule has 4 rings (SSSR count). The Balaban J connectivity index is 1.52. The number of aryl methyl sites for hydroxylation is 1. The minimum Gasteiger partial charge on any atom is -0.496 e. The van der Waals surface area contributed by atoms with Crippen LogP contribution in [0.1, 0.15) is 31.2 Å². The van der Waals surface area contributed by atoms with Gasteiger partial charge in [-0.25, -0.2) is 8.42 Å². The Bertz CT molecular complexity index is 1100. The van der Waals surface area contributed by atoms with Gasteiger partial charge in [0.05, 0.1) is 33.6 Å². The molecule has 2 fully saturated rings. The van der Waals surface area contributed by atoms with Crippen molar-refractivity contribution in [3.05, 3.63) is 46.4 Å². The van der Waals surface area contributed by atoms with E-state index < -0.39 is 9.84 Å². The van der Waals surface area contributed by atoms with Gasteiger partial charge in [-0.3, -0.25) is 4.79 Å². The van der Waals surface area contributed by atoms with E-state index in [9.17, 15) is 13.2 Å². The maximum atomic E-state index is 13.4. The summed E-state index contributed by atoms with van der Waals surface area (Å²) in [7, 11) is -2.27. The number of benzene rings is 2. The van der Waals surface area contributed by atoms with E-state index in [4.69, 9.17) is 4.74 Å². The highest BCUT2D eigenvalue weighted by atomic mass is 79.9. The maximum absolute atomic E-state index is 13.4. The van der Waals surface area contributed by atoms with Crippen LogP contribution in [0.15, 0.2) is 50.7 Å². The van der Waals surface area contributed by atoms with Gasteiger partial charge in [-0.2, -0.15) is 0 Å². The average molecular weight is 507 g/mol. The van der Waals surface area contributed by atoms with E-state index in [0.717, 1.165) is 17.9 Å². The molecule has 3 atom stereocenters. The van der Waals surface area contributed by atoms with E-state index in [-0.39, 0.29) is 28.3 Å². The molecule has 0 aromatic heterocycles. The van der Waals surface area contributed by atoms with Crippen LogP contribution in [-0.4, -0.2) is 34.0 Å². The molecule has 6 nitrogen and oxygen atoms in total. The Morgan fingerprint density at radius 2 is 1.97 bits per heavy atom. The number of carbonyl (C=O) groups excluding carboxylic acids is 1. The van der Waals surface area contributed by atoms with Gasteiger partial charge in [0.25, 0.3) is 0 Å². The summed E-state index contributed by atoms with van der Waals surface area (Å²) in [5.74, 6) is 1.80. The lowest BCUT2D eigenvalue weighted by Gasteiger charge is -2.23. The van der Waals surface area contributed by atoms with Crippen LogP contribution in [0.5, 0.6) is 5.75 Å². The summed E-state index contributed by atoms with van der Waals surface area (Å²) < 4.78 is 32.5. The fourth-order valence-electron chi connectivity index (χ4n) is 4.79. The predicted octanol–water partition coefficient (Wildman–Crippen LogP) is 4.32. The zero-order valence-corrected chi connectivity index (χ0v) is 20.1. The molecule has 0 saturated heterocycles. The number of sulfone groups is 1. The van der Waals surface area contributed by atoms with Crippen LogP contribution in [0.2, 0.25) is 0 Å². The fraction of sp³-hybridized carbons (Fsp3) is 0.435. The summed E-state index contributed by atoms with van der Waals surface area (Å²) in [5.41, 5.74) is 1.24. The molecule has 0 heterocycles. The van der Waals surface area contributed by atoms with Gasteiger partial charge >= 0.3 is 0 Å². The van der Waals surface area contributed by atoms with Crippen LogP contribution in [-0.2, 0) is 14.6 Å². The largest absolute Gasteiger partial charge is 0.496 e. The van der Waals surface area contributed by atoms with Gasteiger partial charge in [-0.05, 0) is 89.8 Å². The lowest BCUT2D eigenvalue weighted by molar-refractivity contribution is -0.120. The first-order valence-electron chi connectivity index (χ1n) is 10.5. The Labute approximate surface area is 191 Å². The molecule has 2 aliphatic rings. The lowest BCUT2D eigenvalue weighted by atomic mass is 9.95. The molecule has 2 aromatic rings. The number of fused-ring (bicyclic) bond motifs is 2. The van der Waals surface area contributed by atoms with Gasteiger partial charge < -0.3 is 15.4 Å². The third-order valence-corrected chi connectivity index (χ3v) is 8.80. The number of ether oxygens (including phenoxy) is 1. The van der Waals surface area contributed by atoms with Crippen molar-refractivity contribution >= 4 is 37.4 Å². The molecule has 0 aliphatic heterocycles. The number of nitrogens with one attached hydrogen (secondary N) is 2. The summed E-state index contributed by atoms with van der Waals surface area (Å²) in [6.45, 7) is 1.88. The van der Waals surface area contributed by atoms with Crippen LogP contribution >= 0.6 is 15.9 Å². The molecular formula is C23H27BrN2O4S. The monoisotopic (exact) mass is 506 g/mol. The van der Waals surface area contributed by atoms with Crippen molar-refractivity contribution in [2.24, 2.45) is 11.8 Å². The van der Waals surface area contributed by atoms with E-state index in [1.54, 1.807) is 18.2 Å². The number of carbonyl (C=O) groups is 1. The van der Waals surface area contributed by atoms with Gasteiger partial charge in [0, 0.05) is 6.04 Å². The number of anilines is 1. The van der Waals surface area contributed by atoms with E-state index >= 15 is 0 Å². The third-order valence-electron chi connectivity index (χ3n) is 6.38. The van der Waals surface area contributed by atoms with Crippen molar-refractivity contribution in [1.82, 2.24) is 5.32 Å². The first-order valence-corrected chi connectivity index (χ1v) is 12.8. The van der Waals surface area contributed by atoms with Gasteiger partial charge in [-0.1, -0.05) is 12.5 Å². The number of halogens is 1. The van der Waals surface area contributed by atoms with Crippen molar-refractivity contribution < 1.29 is 17.9 Å². The molecule has 166 valence electrons. The molecule has 2 aliphatic carbocycles. The SMILES string of the molecule is COc1ccc(S(=O)(=O)c2cc(C)ccc2NCC(=O)NC2CC3CCC2C3)cc1Br. The predicted molar refractivity (Wildman–Crippen MR) is 123 cm³/mol. The Hall–Kier alpha value is -2.06. The Morgan fingerprint density at radius 1 is 1.16 bits per heavy atom. The van der Waals surface area contributed by atoms with Crippen molar-refractivity contribution in [3.63, 3.8) is 0 Å². The van der Waals surface area contributed by atoms with Gasteiger partial charge in [-0.15, -0.1) is 0 Å². The Morgan fingerprint density at radius 3 is 2.61 bits per heavy atom. The molecule has 0 spiro atoms. The zero-order valence-electron chi connectivity index (χ0n) is 17.7. The summed E-state index contributed by atoms with van der Waals surface area (Å²) in [4.78, 5) is 12.8. The third kappa shape index (κ3) is 4.60. The number of amides is 1. The molecule has 1 amide bonds.